The van der Waals surface area contributed by atoms with Crippen molar-refractivity contribution in [3.05, 3.63) is 0 Å². The molecule has 8 heteroatoms. The third-order valence-corrected chi connectivity index (χ3v) is 6.07. The first-order chi connectivity index (χ1) is 9.73. The average Bonchev–Trinajstić information content (AvgIpc) is 2.41. The normalized spacial score (nSPS) is 21.0. The maximum Gasteiger partial charge on any atom is 0.239 e. The van der Waals surface area contributed by atoms with Gasteiger partial charge in [0.2, 0.25) is 5.91 Å². The summed E-state index contributed by atoms with van der Waals surface area (Å²) < 4.78 is 23.2. The van der Waals surface area contributed by atoms with Gasteiger partial charge in [0.25, 0.3) is 0 Å². The minimum atomic E-state index is -3.08. The van der Waals surface area contributed by atoms with Gasteiger partial charge in [0.15, 0.2) is 15.8 Å². The Labute approximate surface area is 127 Å². The van der Waals surface area contributed by atoms with Crippen LogP contribution in [0.1, 0.15) is 27.2 Å². The van der Waals surface area contributed by atoms with Crippen LogP contribution in [0.3, 0.4) is 0 Å². The molecule has 0 atom stereocenters. The third-order valence-electron chi connectivity index (χ3n) is 3.53. The molecule has 0 aliphatic carbocycles. The maximum atomic E-state index is 12.0. The quantitative estimate of drug-likeness (QED) is 0.543. The number of amides is 1. The zero-order valence-electron chi connectivity index (χ0n) is 13.3. The molecule has 7 nitrogen and oxygen atoms in total. The van der Waals surface area contributed by atoms with Gasteiger partial charge in [-0.2, -0.15) is 0 Å². The van der Waals surface area contributed by atoms with Crippen molar-refractivity contribution < 1.29 is 13.2 Å². The molecule has 1 rings (SSSR count). The molecular weight excluding hydrogens is 292 g/mol. The summed E-state index contributed by atoms with van der Waals surface area (Å²) >= 11 is 0. The van der Waals surface area contributed by atoms with Crippen LogP contribution in [0.2, 0.25) is 0 Å². The van der Waals surface area contributed by atoms with E-state index >= 15 is 0 Å². The second-order valence-corrected chi connectivity index (χ2v) is 8.49. The highest BCUT2D eigenvalue weighted by Gasteiger charge is 2.40. The summed E-state index contributed by atoms with van der Waals surface area (Å²) in [5, 5.41) is 5.76. The minimum absolute atomic E-state index is 0.0955. The summed E-state index contributed by atoms with van der Waals surface area (Å²) in [6.45, 7) is 6.96. The Balaban J connectivity index is 2.61. The molecule has 0 aromatic rings. The van der Waals surface area contributed by atoms with Crippen molar-refractivity contribution in [1.29, 1.82) is 0 Å². The van der Waals surface area contributed by atoms with Crippen molar-refractivity contribution in [2.24, 2.45) is 4.99 Å². The number of nitrogens with one attached hydrogen (secondary N) is 2. The van der Waals surface area contributed by atoms with E-state index in [0.29, 0.717) is 25.6 Å². The van der Waals surface area contributed by atoms with Crippen LogP contribution in [0.4, 0.5) is 0 Å². The zero-order valence-corrected chi connectivity index (χ0v) is 14.1. The monoisotopic (exact) mass is 318 g/mol. The molecule has 1 aliphatic heterocycles. The van der Waals surface area contributed by atoms with E-state index < -0.39 is 14.6 Å². The number of hydrogen-bond acceptors (Lipinski definition) is 4. The van der Waals surface area contributed by atoms with Gasteiger partial charge in [-0.05, 0) is 20.3 Å². The van der Waals surface area contributed by atoms with Gasteiger partial charge in [0.05, 0.1) is 17.0 Å². The molecule has 122 valence electrons. The molecule has 0 aromatic heterocycles. The molecule has 0 spiro atoms. The number of carbonyl (C=O) groups is 1. The molecule has 2 N–H and O–H groups in total. The summed E-state index contributed by atoms with van der Waals surface area (Å²) in [6.07, 6.45) is 0.888. The van der Waals surface area contributed by atoms with Crippen molar-refractivity contribution in [3.8, 4) is 0 Å². The molecule has 0 radical (unpaired) electrons. The number of sulfone groups is 1. The molecule has 0 unspecified atom stereocenters. The van der Waals surface area contributed by atoms with Crippen molar-refractivity contribution in [2.45, 2.75) is 31.9 Å². The van der Waals surface area contributed by atoms with Gasteiger partial charge in [0, 0.05) is 26.7 Å². The average molecular weight is 318 g/mol. The van der Waals surface area contributed by atoms with Gasteiger partial charge in [-0.3, -0.25) is 9.79 Å². The van der Waals surface area contributed by atoms with Crippen molar-refractivity contribution in [1.82, 2.24) is 15.5 Å². The maximum absolute atomic E-state index is 12.0. The molecule has 1 heterocycles. The lowest BCUT2D eigenvalue weighted by Gasteiger charge is -2.39. The van der Waals surface area contributed by atoms with Crippen molar-refractivity contribution in [3.63, 3.8) is 0 Å². The van der Waals surface area contributed by atoms with E-state index in [2.05, 4.69) is 15.6 Å². The Kier molecular flexibility index (Phi) is 6.00. The molecular formula is C13H26N4O3S. The summed E-state index contributed by atoms with van der Waals surface area (Å²) in [5.74, 6) is 0.564. The molecule has 0 aromatic carbocycles. The summed E-state index contributed by atoms with van der Waals surface area (Å²) in [6, 6.07) is 0. The fourth-order valence-electron chi connectivity index (χ4n) is 2.14. The van der Waals surface area contributed by atoms with Gasteiger partial charge in [0.1, 0.15) is 0 Å². The molecule has 1 amide bonds. The largest absolute Gasteiger partial charge is 0.355 e. The predicted molar refractivity (Wildman–Crippen MR) is 84.1 cm³/mol. The second-order valence-electron chi connectivity index (χ2n) is 5.75. The first-order valence-electron chi connectivity index (χ1n) is 7.18. The molecule has 1 fully saturated rings. The SMILES string of the molecule is CCCNC(=O)CNC(=NC)N1CCS(=O)(=O)C(C)(C)C1. The van der Waals surface area contributed by atoms with E-state index in [-0.39, 0.29) is 18.2 Å². The van der Waals surface area contributed by atoms with Crippen LogP contribution in [0, 0.1) is 0 Å². The van der Waals surface area contributed by atoms with Crippen LogP contribution in [-0.4, -0.2) is 68.9 Å². The first kappa shape index (κ1) is 17.7. The Morgan fingerprint density at radius 2 is 2.00 bits per heavy atom. The molecule has 0 saturated carbocycles. The fraction of sp³-hybridized carbons (Fsp3) is 0.846. The molecule has 21 heavy (non-hydrogen) atoms. The smallest absolute Gasteiger partial charge is 0.239 e. The number of hydrogen-bond donors (Lipinski definition) is 2. The highest BCUT2D eigenvalue weighted by molar-refractivity contribution is 7.92. The number of carbonyl (C=O) groups excluding carboxylic acids is 1. The zero-order chi connectivity index (χ0) is 16.1. The van der Waals surface area contributed by atoms with Crippen molar-refractivity contribution in [2.75, 3.05) is 39.0 Å². The first-order valence-corrected chi connectivity index (χ1v) is 8.83. The Morgan fingerprint density at radius 3 is 2.52 bits per heavy atom. The highest BCUT2D eigenvalue weighted by atomic mass is 32.2. The van der Waals surface area contributed by atoms with E-state index in [1.807, 2.05) is 11.8 Å². The van der Waals surface area contributed by atoms with Crippen LogP contribution >= 0.6 is 0 Å². The van der Waals surface area contributed by atoms with Crippen LogP contribution in [-0.2, 0) is 14.6 Å². The van der Waals surface area contributed by atoms with E-state index in [4.69, 9.17) is 0 Å². The van der Waals surface area contributed by atoms with Gasteiger partial charge in [-0.1, -0.05) is 6.92 Å². The lowest BCUT2D eigenvalue weighted by atomic mass is 10.2. The van der Waals surface area contributed by atoms with Crippen LogP contribution in [0.5, 0.6) is 0 Å². The predicted octanol–water partition coefficient (Wildman–Crippen LogP) is -0.403. The van der Waals surface area contributed by atoms with E-state index in [1.165, 1.54) is 0 Å². The highest BCUT2D eigenvalue weighted by Crippen LogP contribution is 2.23. The topological polar surface area (TPSA) is 90.9 Å². The van der Waals surface area contributed by atoms with Gasteiger partial charge < -0.3 is 15.5 Å². The standard InChI is InChI=1S/C13H26N4O3S/c1-5-6-15-11(18)9-16-12(14-4)17-7-8-21(19,20)13(2,3)10-17/h5-10H2,1-4H3,(H,14,16)(H,15,18). The molecule has 1 aliphatic rings. The minimum Gasteiger partial charge on any atom is -0.355 e. The second kappa shape index (κ2) is 7.11. The number of nitrogens with zero attached hydrogens (tertiary/aromatic N) is 2. The van der Waals surface area contributed by atoms with Gasteiger partial charge in [-0.25, -0.2) is 8.42 Å². The third kappa shape index (κ3) is 4.59. The Hall–Kier alpha value is -1.31. The van der Waals surface area contributed by atoms with E-state index in [0.717, 1.165) is 6.42 Å². The van der Waals surface area contributed by atoms with Crippen LogP contribution in [0.25, 0.3) is 0 Å². The van der Waals surface area contributed by atoms with Gasteiger partial charge in [-0.15, -0.1) is 0 Å². The Bertz CT molecular complexity index is 500. The molecule has 0 bridgehead atoms. The fourth-order valence-corrected chi connectivity index (χ4v) is 3.51. The van der Waals surface area contributed by atoms with Crippen LogP contribution in [0.15, 0.2) is 4.99 Å². The number of guanidine groups is 1. The summed E-state index contributed by atoms with van der Waals surface area (Å²) in [5.41, 5.74) is 0. The summed E-state index contributed by atoms with van der Waals surface area (Å²) in [4.78, 5) is 17.6. The van der Waals surface area contributed by atoms with Crippen LogP contribution < -0.4 is 10.6 Å². The lowest BCUT2D eigenvalue weighted by molar-refractivity contribution is -0.120. The van der Waals surface area contributed by atoms with E-state index in [9.17, 15) is 13.2 Å². The van der Waals surface area contributed by atoms with Gasteiger partial charge >= 0.3 is 0 Å². The molecule has 1 saturated heterocycles. The van der Waals surface area contributed by atoms with Crippen molar-refractivity contribution >= 4 is 21.7 Å². The lowest BCUT2D eigenvalue weighted by Crippen LogP contribution is -2.57. The number of rotatable bonds is 4. The van der Waals surface area contributed by atoms with E-state index in [1.54, 1.807) is 20.9 Å². The Morgan fingerprint density at radius 1 is 1.33 bits per heavy atom. The summed E-state index contributed by atoms with van der Waals surface area (Å²) in [7, 11) is -1.46. The number of aliphatic imine (C=N–C) groups is 1.